The lowest BCUT2D eigenvalue weighted by Crippen LogP contribution is -2.42. The average Bonchev–Trinajstić information content (AvgIpc) is 2.63. The van der Waals surface area contributed by atoms with E-state index in [2.05, 4.69) is 4.90 Å². The summed E-state index contributed by atoms with van der Waals surface area (Å²) in [7, 11) is 0. The molecule has 1 unspecified atom stereocenters. The maximum Gasteiger partial charge on any atom is 0.223 e. The molecule has 0 bridgehead atoms. The maximum absolute atomic E-state index is 12.3. The second-order valence-corrected chi connectivity index (χ2v) is 7.34. The molecule has 3 rings (SSSR count). The molecule has 4 nitrogen and oxygen atoms in total. The number of rotatable bonds is 4. The molecule has 0 spiro atoms. The second kappa shape index (κ2) is 8.52. The minimum absolute atomic E-state index is 0.0152. The minimum atomic E-state index is -0.0152. The molecule has 1 amide bonds. The minimum Gasteiger partial charge on any atom is -0.371 e. The molecule has 0 aromatic heterocycles. The second-order valence-electron chi connectivity index (χ2n) is 6.53. The van der Waals surface area contributed by atoms with E-state index in [1.165, 1.54) is 6.42 Å². The number of carbonyl (C=O) groups excluding carboxylic acids is 1. The van der Waals surface area contributed by atoms with Crippen molar-refractivity contribution in [3.8, 4) is 0 Å². The smallest absolute Gasteiger partial charge is 0.223 e. The van der Waals surface area contributed by atoms with Crippen molar-refractivity contribution in [1.82, 2.24) is 9.80 Å². The number of amides is 1. The molecule has 2 saturated heterocycles. The highest BCUT2D eigenvalue weighted by atomic mass is 35.5. The van der Waals surface area contributed by atoms with E-state index in [0.29, 0.717) is 23.1 Å². The van der Waals surface area contributed by atoms with Gasteiger partial charge >= 0.3 is 0 Å². The van der Waals surface area contributed by atoms with Gasteiger partial charge in [0.1, 0.15) is 0 Å². The molecule has 0 saturated carbocycles. The Balaban J connectivity index is 1.51. The quantitative estimate of drug-likeness (QED) is 0.808. The molecule has 0 radical (unpaired) electrons. The topological polar surface area (TPSA) is 32.8 Å². The fraction of sp³-hybridized carbons (Fsp3) is 0.611. The van der Waals surface area contributed by atoms with Gasteiger partial charge in [-0.05, 0) is 37.0 Å². The van der Waals surface area contributed by atoms with Crippen molar-refractivity contribution < 1.29 is 9.53 Å². The summed E-state index contributed by atoms with van der Waals surface area (Å²) in [6.45, 7) is 4.96. The zero-order chi connectivity index (χ0) is 16.9. The Bertz CT molecular complexity index is 576. The van der Waals surface area contributed by atoms with Crippen molar-refractivity contribution >= 4 is 29.1 Å². The van der Waals surface area contributed by atoms with Crippen LogP contribution in [-0.4, -0.2) is 55.0 Å². The Labute approximate surface area is 153 Å². The van der Waals surface area contributed by atoms with Crippen molar-refractivity contribution in [3.05, 3.63) is 33.8 Å². The number of nitrogens with zero attached hydrogens (tertiary/aromatic N) is 2. The lowest BCUT2D eigenvalue weighted by molar-refractivity contribution is -0.132. The van der Waals surface area contributed by atoms with Crippen molar-refractivity contribution in [3.63, 3.8) is 0 Å². The molecule has 2 aliphatic rings. The molecule has 132 valence electrons. The van der Waals surface area contributed by atoms with Gasteiger partial charge in [0.15, 0.2) is 0 Å². The number of ether oxygens (including phenoxy) is 1. The summed E-state index contributed by atoms with van der Waals surface area (Å²) < 4.78 is 5.87. The summed E-state index contributed by atoms with van der Waals surface area (Å²) in [5, 5.41) is 1.11. The van der Waals surface area contributed by atoms with Crippen LogP contribution in [0.4, 0.5) is 0 Å². The SMILES string of the molecule is O=C(CCN1CCOC(c2ccc(Cl)c(Cl)c2)C1)N1CCCCC1. The molecule has 2 heterocycles. The molecule has 0 aliphatic carbocycles. The van der Waals surface area contributed by atoms with Crippen molar-refractivity contribution in [2.45, 2.75) is 31.8 Å². The van der Waals surface area contributed by atoms with Crippen molar-refractivity contribution in [2.75, 3.05) is 39.3 Å². The Kier molecular flexibility index (Phi) is 6.39. The number of carbonyl (C=O) groups is 1. The summed E-state index contributed by atoms with van der Waals surface area (Å²) in [5.74, 6) is 0.285. The van der Waals surface area contributed by atoms with Crippen LogP contribution in [0.3, 0.4) is 0 Å². The third kappa shape index (κ3) is 4.63. The number of hydrogen-bond acceptors (Lipinski definition) is 3. The Hall–Kier alpha value is -0.810. The first-order valence-electron chi connectivity index (χ1n) is 8.70. The van der Waals surface area contributed by atoms with E-state index in [-0.39, 0.29) is 12.0 Å². The van der Waals surface area contributed by atoms with Crippen LogP contribution in [0.2, 0.25) is 10.0 Å². The van der Waals surface area contributed by atoms with E-state index in [1.54, 1.807) is 6.07 Å². The van der Waals surface area contributed by atoms with Crippen LogP contribution in [0.15, 0.2) is 18.2 Å². The lowest BCUT2D eigenvalue weighted by atomic mass is 10.1. The van der Waals surface area contributed by atoms with Crippen molar-refractivity contribution in [1.29, 1.82) is 0 Å². The van der Waals surface area contributed by atoms with E-state index in [1.807, 2.05) is 17.0 Å². The van der Waals surface area contributed by atoms with Crippen LogP contribution in [0.25, 0.3) is 0 Å². The predicted octanol–water partition coefficient (Wildman–Crippen LogP) is 3.77. The first-order chi connectivity index (χ1) is 11.6. The average molecular weight is 371 g/mol. The normalized spacial score (nSPS) is 22.6. The van der Waals surface area contributed by atoms with Crippen LogP contribution in [0.5, 0.6) is 0 Å². The summed E-state index contributed by atoms with van der Waals surface area (Å²) in [4.78, 5) is 16.6. The van der Waals surface area contributed by atoms with Crippen LogP contribution in [0, 0.1) is 0 Å². The Morgan fingerprint density at radius 2 is 1.92 bits per heavy atom. The zero-order valence-corrected chi connectivity index (χ0v) is 15.4. The number of piperidine rings is 1. The van der Waals surface area contributed by atoms with E-state index in [4.69, 9.17) is 27.9 Å². The molecule has 1 aromatic carbocycles. The molecule has 24 heavy (non-hydrogen) atoms. The van der Waals surface area contributed by atoms with Crippen LogP contribution in [-0.2, 0) is 9.53 Å². The van der Waals surface area contributed by atoms with Crippen molar-refractivity contribution in [2.24, 2.45) is 0 Å². The molecule has 1 atom stereocenters. The zero-order valence-electron chi connectivity index (χ0n) is 13.8. The van der Waals surface area contributed by atoms with Gasteiger partial charge in [-0.2, -0.15) is 0 Å². The van der Waals surface area contributed by atoms with Crippen LogP contribution in [0.1, 0.15) is 37.4 Å². The third-order valence-electron chi connectivity index (χ3n) is 4.82. The van der Waals surface area contributed by atoms with Gasteiger partial charge in [0.2, 0.25) is 5.91 Å². The number of hydrogen-bond donors (Lipinski definition) is 0. The highest BCUT2D eigenvalue weighted by Gasteiger charge is 2.24. The summed E-state index contributed by atoms with van der Waals surface area (Å²) in [5.41, 5.74) is 1.04. The van der Waals surface area contributed by atoms with Gasteiger partial charge in [0.25, 0.3) is 0 Å². The van der Waals surface area contributed by atoms with E-state index in [0.717, 1.165) is 51.1 Å². The molecule has 6 heteroatoms. The molecule has 2 fully saturated rings. The number of halogens is 2. The monoisotopic (exact) mass is 370 g/mol. The summed E-state index contributed by atoms with van der Waals surface area (Å²) >= 11 is 12.1. The lowest BCUT2D eigenvalue weighted by Gasteiger charge is -2.34. The van der Waals surface area contributed by atoms with Gasteiger partial charge in [0, 0.05) is 39.1 Å². The first-order valence-corrected chi connectivity index (χ1v) is 9.46. The third-order valence-corrected chi connectivity index (χ3v) is 5.56. The number of benzene rings is 1. The molecular formula is C18H24Cl2N2O2. The molecule has 2 aliphatic heterocycles. The molecule has 1 aromatic rings. The Morgan fingerprint density at radius 3 is 2.67 bits per heavy atom. The molecular weight excluding hydrogens is 347 g/mol. The van der Waals surface area contributed by atoms with Crippen LogP contribution < -0.4 is 0 Å². The van der Waals surface area contributed by atoms with E-state index < -0.39 is 0 Å². The van der Waals surface area contributed by atoms with Gasteiger partial charge in [-0.1, -0.05) is 29.3 Å². The predicted molar refractivity (Wildman–Crippen MR) is 96.6 cm³/mol. The fourth-order valence-electron chi connectivity index (χ4n) is 3.38. The standard InChI is InChI=1S/C18H24Cl2N2O2/c19-15-5-4-14(12-16(15)20)17-13-21(10-11-24-17)9-6-18(23)22-7-2-1-3-8-22/h4-5,12,17H,1-3,6-11,13H2. The highest BCUT2D eigenvalue weighted by Crippen LogP contribution is 2.29. The maximum atomic E-state index is 12.3. The fourth-order valence-corrected chi connectivity index (χ4v) is 3.68. The number of morpholine rings is 1. The first kappa shape index (κ1) is 18.0. The van der Waals surface area contributed by atoms with E-state index >= 15 is 0 Å². The Morgan fingerprint density at radius 1 is 1.12 bits per heavy atom. The summed E-state index contributed by atoms with van der Waals surface area (Å²) in [6, 6.07) is 5.64. The van der Waals surface area contributed by atoms with Gasteiger partial charge in [-0.25, -0.2) is 0 Å². The molecule has 0 N–H and O–H groups in total. The highest BCUT2D eigenvalue weighted by molar-refractivity contribution is 6.42. The van der Waals surface area contributed by atoms with Gasteiger partial charge < -0.3 is 9.64 Å². The largest absolute Gasteiger partial charge is 0.371 e. The number of likely N-dealkylation sites (tertiary alicyclic amines) is 1. The van der Waals surface area contributed by atoms with Gasteiger partial charge in [0.05, 0.1) is 22.8 Å². The summed E-state index contributed by atoms with van der Waals surface area (Å²) in [6.07, 6.45) is 4.11. The van der Waals surface area contributed by atoms with Crippen LogP contribution >= 0.6 is 23.2 Å². The van der Waals surface area contributed by atoms with E-state index in [9.17, 15) is 4.79 Å². The van der Waals surface area contributed by atoms with Gasteiger partial charge in [-0.3, -0.25) is 9.69 Å². The van der Waals surface area contributed by atoms with Gasteiger partial charge in [-0.15, -0.1) is 0 Å².